The van der Waals surface area contributed by atoms with E-state index in [0.717, 1.165) is 36.2 Å². The molecular formula is C19H17N3OS. The molecule has 120 valence electrons. The number of benzene rings is 1. The van der Waals surface area contributed by atoms with Gasteiger partial charge in [0, 0.05) is 18.0 Å². The summed E-state index contributed by atoms with van der Waals surface area (Å²) in [6.45, 7) is 0. The van der Waals surface area contributed by atoms with E-state index in [0.29, 0.717) is 4.88 Å². The van der Waals surface area contributed by atoms with Gasteiger partial charge in [-0.15, -0.1) is 11.3 Å². The van der Waals surface area contributed by atoms with Gasteiger partial charge in [-0.25, -0.2) is 5.43 Å². The zero-order chi connectivity index (χ0) is 16.4. The van der Waals surface area contributed by atoms with Crippen LogP contribution in [0.15, 0.2) is 65.3 Å². The summed E-state index contributed by atoms with van der Waals surface area (Å²) in [6, 6.07) is 14.1. The number of nitrogens with zero attached hydrogens (tertiary/aromatic N) is 2. The van der Waals surface area contributed by atoms with Gasteiger partial charge in [0.1, 0.15) is 4.88 Å². The zero-order valence-electron chi connectivity index (χ0n) is 13.1. The maximum atomic E-state index is 12.6. The summed E-state index contributed by atoms with van der Waals surface area (Å²) in [6.07, 6.45) is 6.90. The number of thiophene rings is 1. The fourth-order valence-electron chi connectivity index (χ4n) is 3.06. The minimum atomic E-state index is -0.163. The van der Waals surface area contributed by atoms with Gasteiger partial charge in [0.25, 0.3) is 5.91 Å². The Labute approximate surface area is 144 Å². The lowest BCUT2D eigenvalue weighted by Gasteiger charge is -2.17. The molecule has 0 saturated heterocycles. The van der Waals surface area contributed by atoms with Crippen LogP contribution in [0.3, 0.4) is 0 Å². The molecule has 0 radical (unpaired) electrons. The van der Waals surface area contributed by atoms with E-state index in [1.54, 1.807) is 0 Å². The summed E-state index contributed by atoms with van der Waals surface area (Å²) in [5.41, 5.74) is 7.05. The summed E-state index contributed by atoms with van der Waals surface area (Å²) < 4.78 is 1.94. The van der Waals surface area contributed by atoms with Gasteiger partial charge >= 0.3 is 0 Å². The van der Waals surface area contributed by atoms with Crippen LogP contribution in [-0.2, 0) is 6.42 Å². The highest BCUT2D eigenvalue weighted by Gasteiger charge is 2.17. The Balaban J connectivity index is 1.57. The number of hydrogen-bond acceptors (Lipinski definition) is 3. The number of carbonyl (C=O) groups is 1. The Kier molecular flexibility index (Phi) is 4.01. The quantitative estimate of drug-likeness (QED) is 0.722. The van der Waals surface area contributed by atoms with Crippen molar-refractivity contribution in [3.8, 4) is 5.69 Å². The van der Waals surface area contributed by atoms with E-state index >= 15 is 0 Å². The van der Waals surface area contributed by atoms with Gasteiger partial charge in [0.15, 0.2) is 0 Å². The van der Waals surface area contributed by atoms with E-state index in [9.17, 15) is 4.79 Å². The molecule has 0 saturated carbocycles. The van der Waals surface area contributed by atoms with Crippen molar-refractivity contribution in [3.63, 3.8) is 0 Å². The molecule has 0 aliphatic heterocycles. The van der Waals surface area contributed by atoms with E-state index in [2.05, 4.69) is 28.7 Å². The number of hydrogen-bond donors (Lipinski definition) is 1. The Hall–Kier alpha value is -2.66. The van der Waals surface area contributed by atoms with Crippen molar-refractivity contribution in [2.24, 2.45) is 5.10 Å². The molecule has 4 nitrogen and oxygen atoms in total. The van der Waals surface area contributed by atoms with Crippen molar-refractivity contribution >= 4 is 23.0 Å². The van der Waals surface area contributed by atoms with E-state index in [-0.39, 0.29) is 5.91 Å². The second-order valence-corrected chi connectivity index (χ2v) is 6.65. The first-order valence-corrected chi connectivity index (χ1v) is 8.87. The van der Waals surface area contributed by atoms with Crippen LogP contribution in [0.1, 0.15) is 33.6 Å². The molecule has 24 heavy (non-hydrogen) atoms. The molecule has 0 atom stereocenters. The fourth-order valence-corrected chi connectivity index (χ4v) is 3.84. The highest BCUT2D eigenvalue weighted by molar-refractivity contribution is 7.12. The van der Waals surface area contributed by atoms with Gasteiger partial charge in [-0.05, 0) is 48.4 Å². The number of aryl methyl sites for hydroxylation is 1. The predicted molar refractivity (Wildman–Crippen MR) is 97.0 cm³/mol. The fraction of sp³-hybridized carbons (Fsp3) is 0.158. The third-order valence-corrected chi connectivity index (χ3v) is 5.12. The van der Waals surface area contributed by atoms with Gasteiger partial charge < -0.3 is 4.57 Å². The van der Waals surface area contributed by atoms with Crippen molar-refractivity contribution in [1.29, 1.82) is 0 Å². The average Bonchev–Trinajstić information content (AvgIpc) is 3.30. The number of carbonyl (C=O) groups excluding carboxylic acids is 1. The van der Waals surface area contributed by atoms with Crippen LogP contribution in [0.5, 0.6) is 0 Å². The van der Waals surface area contributed by atoms with Crippen LogP contribution in [0.4, 0.5) is 0 Å². The molecule has 5 heteroatoms. The first kappa shape index (κ1) is 14.9. The van der Waals surface area contributed by atoms with Crippen molar-refractivity contribution in [1.82, 2.24) is 9.99 Å². The minimum absolute atomic E-state index is 0.163. The minimum Gasteiger partial charge on any atom is -0.322 e. The highest BCUT2D eigenvalue weighted by atomic mass is 32.1. The molecule has 0 bridgehead atoms. The van der Waals surface area contributed by atoms with Crippen LogP contribution in [0.2, 0.25) is 0 Å². The number of amides is 1. The summed E-state index contributed by atoms with van der Waals surface area (Å²) in [5.74, 6) is -0.163. The monoisotopic (exact) mass is 335 g/mol. The number of hydrazone groups is 1. The van der Waals surface area contributed by atoms with Crippen molar-refractivity contribution in [3.05, 3.63) is 76.2 Å². The van der Waals surface area contributed by atoms with Gasteiger partial charge in [-0.2, -0.15) is 5.10 Å². The SMILES string of the molecule is O=C(NN=C1CCCc2ccccc21)c1sccc1-n1cccc1. The van der Waals surface area contributed by atoms with Crippen molar-refractivity contribution in [2.45, 2.75) is 19.3 Å². The average molecular weight is 335 g/mol. The van der Waals surface area contributed by atoms with E-state index < -0.39 is 0 Å². The summed E-state index contributed by atoms with van der Waals surface area (Å²) in [5, 5.41) is 6.34. The lowest BCUT2D eigenvalue weighted by Crippen LogP contribution is -2.22. The third kappa shape index (κ3) is 2.78. The third-order valence-electron chi connectivity index (χ3n) is 4.21. The topological polar surface area (TPSA) is 46.4 Å². The largest absolute Gasteiger partial charge is 0.322 e. The molecule has 2 aromatic heterocycles. The van der Waals surface area contributed by atoms with Gasteiger partial charge in [0.2, 0.25) is 0 Å². The number of fused-ring (bicyclic) bond motifs is 1. The molecule has 0 unspecified atom stereocenters. The van der Waals surface area contributed by atoms with Crippen LogP contribution in [-0.4, -0.2) is 16.2 Å². The number of rotatable bonds is 3. The first-order chi connectivity index (χ1) is 11.8. The Morgan fingerprint density at radius 2 is 1.92 bits per heavy atom. The van der Waals surface area contributed by atoms with Gasteiger partial charge in [-0.1, -0.05) is 24.3 Å². The first-order valence-electron chi connectivity index (χ1n) is 7.99. The molecule has 0 fully saturated rings. The summed E-state index contributed by atoms with van der Waals surface area (Å²) >= 11 is 1.43. The Morgan fingerprint density at radius 1 is 1.08 bits per heavy atom. The zero-order valence-corrected chi connectivity index (χ0v) is 13.9. The molecule has 1 aliphatic rings. The second kappa shape index (κ2) is 6.45. The molecule has 3 aromatic rings. The lowest BCUT2D eigenvalue weighted by molar-refractivity contribution is 0.0959. The van der Waals surface area contributed by atoms with Crippen LogP contribution < -0.4 is 5.43 Å². The van der Waals surface area contributed by atoms with E-state index in [1.807, 2.05) is 46.6 Å². The molecule has 1 aromatic carbocycles. The Bertz CT molecular complexity index is 893. The number of aromatic nitrogens is 1. The number of nitrogens with one attached hydrogen (secondary N) is 1. The van der Waals surface area contributed by atoms with Crippen molar-refractivity contribution < 1.29 is 4.79 Å². The van der Waals surface area contributed by atoms with Gasteiger partial charge in [0.05, 0.1) is 11.4 Å². The summed E-state index contributed by atoms with van der Waals surface area (Å²) in [7, 11) is 0. The summed E-state index contributed by atoms with van der Waals surface area (Å²) in [4.78, 5) is 13.2. The molecule has 1 amide bonds. The molecule has 1 aliphatic carbocycles. The molecule has 2 heterocycles. The highest BCUT2D eigenvalue weighted by Crippen LogP contribution is 2.23. The molecule has 1 N–H and O–H groups in total. The lowest BCUT2D eigenvalue weighted by atomic mass is 9.90. The maximum absolute atomic E-state index is 12.6. The standard InChI is InChI=1S/C19H17N3OS/c23-19(18-17(10-13-24-18)22-11-3-4-12-22)21-20-16-9-5-7-14-6-1-2-8-15(14)16/h1-4,6,8,10-13H,5,7,9H2,(H,21,23). The maximum Gasteiger partial charge on any atom is 0.283 e. The Morgan fingerprint density at radius 3 is 2.79 bits per heavy atom. The van der Waals surface area contributed by atoms with Crippen molar-refractivity contribution in [2.75, 3.05) is 0 Å². The smallest absolute Gasteiger partial charge is 0.283 e. The van der Waals surface area contributed by atoms with Crippen LogP contribution >= 0.6 is 11.3 Å². The van der Waals surface area contributed by atoms with Crippen LogP contribution in [0, 0.1) is 0 Å². The van der Waals surface area contributed by atoms with Crippen LogP contribution in [0.25, 0.3) is 5.69 Å². The van der Waals surface area contributed by atoms with E-state index in [4.69, 9.17) is 0 Å². The molecule has 0 spiro atoms. The predicted octanol–water partition coefficient (Wildman–Crippen LogP) is 4.01. The molecule has 4 rings (SSSR count). The van der Waals surface area contributed by atoms with E-state index in [1.165, 1.54) is 16.9 Å². The second-order valence-electron chi connectivity index (χ2n) is 5.74. The van der Waals surface area contributed by atoms with Gasteiger partial charge in [-0.3, -0.25) is 4.79 Å². The molecular weight excluding hydrogens is 318 g/mol. The normalized spacial score (nSPS) is 15.2.